The number of aromatic nitrogens is 3. The molecule has 31 heavy (non-hydrogen) atoms. The highest BCUT2D eigenvalue weighted by molar-refractivity contribution is 7.22. The molecule has 0 bridgehead atoms. The summed E-state index contributed by atoms with van der Waals surface area (Å²) >= 11 is 1.17. The number of carbonyl (C=O) groups excluding carboxylic acids is 3. The summed E-state index contributed by atoms with van der Waals surface area (Å²) in [5, 5.41) is 10.3. The molecule has 1 aromatic carbocycles. The number of nitrogens with one attached hydrogen (secondary N) is 2. The summed E-state index contributed by atoms with van der Waals surface area (Å²) in [6.45, 7) is 8.06. The van der Waals surface area contributed by atoms with E-state index in [4.69, 9.17) is 4.74 Å². The van der Waals surface area contributed by atoms with Crippen LogP contribution in [0.3, 0.4) is 0 Å². The first-order valence-corrected chi connectivity index (χ1v) is 10.7. The van der Waals surface area contributed by atoms with Crippen molar-refractivity contribution in [2.45, 2.75) is 45.7 Å². The van der Waals surface area contributed by atoms with Crippen molar-refractivity contribution in [3.8, 4) is 0 Å². The van der Waals surface area contributed by atoms with E-state index in [0.29, 0.717) is 27.5 Å². The molecule has 1 aliphatic heterocycles. The van der Waals surface area contributed by atoms with Crippen molar-refractivity contribution >= 4 is 44.6 Å². The molecule has 3 aromatic rings. The number of rotatable bonds is 4. The molecular formula is C21H23N5O4S. The largest absolute Gasteiger partial charge is 0.464 e. The Labute approximate surface area is 182 Å². The van der Waals surface area contributed by atoms with Gasteiger partial charge in [0.15, 0.2) is 16.5 Å². The van der Waals surface area contributed by atoms with Crippen molar-refractivity contribution in [2.24, 2.45) is 0 Å². The van der Waals surface area contributed by atoms with Gasteiger partial charge in [0.1, 0.15) is 10.7 Å². The molecule has 2 amide bonds. The highest BCUT2D eigenvalue weighted by atomic mass is 32.1. The van der Waals surface area contributed by atoms with Crippen LogP contribution >= 0.6 is 11.3 Å². The van der Waals surface area contributed by atoms with Crippen molar-refractivity contribution in [3.63, 3.8) is 0 Å². The topological polar surface area (TPSA) is 115 Å². The Morgan fingerprint density at radius 3 is 2.52 bits per heavy atom. The monoisotopic (exact) mass is 441 g/mol. The van der Waals surface area contributed by atoms with E-state index in [1.165, 1.54) is 11.3 Å². The van der Waals surface area contributed by atoms with E-state index in [1.807, 2.05) is 39.8 Å². The van der Waals surface area contributed by atoms with Crippen LogP contribution in [0.1, 0.15) is 53.6 Å². The number of aryl methyl sites for hydroxylation is 1. The molecule has 1 saturated heterocycles. The van der Waals surface area contributed by atoms with Crippen LogP contribution in [0.5, 0.6) is 0 Å². The van der Waals surface area contributed by atoms with Gasteiger partial charge < -0.3 is 10.1 Å². The van der Waals surface area contributed by atoms with Gasteiger partial charge in [-0.05, 0) is 39.8 Å². The van der Waals surface area contributed by atoms with E-state index in [-0.39, 0.29) is 18.2 Å². The first-order chi connectivity index (χ1) is 14.6. The fourth-order valence-electron chi connectivity index (χ4n) is 3.20. The molecule has 162 valence electrons. The van der Waals surface area contributed by atoms with E-state index in [1.54, 1.807) is 16.8 Å². The molecule has 0 saturated carbocycles. The van der Waals surface area contributed by atoms with Crippen LogP contribution in [-0.2, 0) is 15.1 Å². The number of amides is 2. The maximum absolute atomic E-state index is 12.9. The molecule has 2 aromatic heterocycles. The number of nitrogens with zero attached hydrogens (tertiary/aromatic N) is 3. The molecule has 4 rings (SSSR count). The summed E-state index contributed by atoms with van der Waals surface area (Å²) in [6, 6.07) is 6.53. The number of hydrogen-bond acceptors (Lipinski definition) is 7. The van der Waals surface area contributed by atoms with Gasteiger partial charge in [-0.15, -0.1) is 0 Å². The molecule has 9 nitrogen and oxygen atoms in total. The first kappa shape index (κ1) is 21.0. The number of ether oxygens (including phenoxy) is 1. The zero-order valence-electron chi connectivity index (χ0n) is 17.7. The number of carbonyl (C=O) groups is 3. The Bertz CT molecular complexity index is 1170. The lowest BCUT2D eigenvalue weighted by molar-refractivity contribution is -0.139. The Kier molecular flexibility index (Phi) is 5.26. The molecule has 0 unspecified atom stereocenters. The molecule has 10 heteroatoms. The third-order valence-corrected chi connectivity index (χ3v) is 5.82. The van der Waals surface area contributed by atoms with E-state index in [2.05, 4.69) is 20.7 Å². The molecule has 1 atom stereocenters. The molecule has 1 aliphatic rings. The van der Waals surface area contributed by atoms with Gasteiger partial charge in [0.05, 0.1) is 12.1 Å². The van der Waals surface area contributed by atoms with Crippen molar-refractivity contribution < 1.29 is 19.1 Å². The standard InChI is InChI=1S/C21H23N5O4S/c1-11-5-7-12(8-6-11)17(27)24-20-23-16-15(31-20)14(25-26(16)21(2,3)4)18(28)22-13-9-10-30-19(13)29/h5-8,13H,9-10H2,1-4H3,(H,22,28)(H,23,24,27)/t13-/m0/s1. The number of anilines is 1. The zero-order chi connectivity index (χ0) is 22.3. The lowest BCUT2D eigenvalue weighted by atomic mass is 10.1. The Morgan fingerprint density at radius 1 is 1.19 bits per heavy atom. The second-order valence-corrected chi connectivity index (χ2v) is 9.40. The van der Waals surface area contributed by atoms with Crippen LogP contribution in [0.25, 0.3) is 10.3 Å². The van der Waals surface area contributed by atoms with Crippen LogP contribution in [0.2, 0.25) is 0 Å². The van der Waals surface area contributed by atoms with Crippen LogP contribution in [0, 0.1) is 6.92 Å². The number of benzene rings is 1. The van der Waals surface area contributed by atoms with E-state index in [0.717, 1.165) is 5.56 Å². The van der Waals surface area contributed by atoms with Crippen molar-refractivity contribution in [1.29, 1.82) is 0 Å². The molecule has 0 spiro atoms. The summed E-state index contributed by atoms with van der Waals surface area (Å²) in [5.41, 5.74) is 1.78. The van der Waals surface area contributed by atoms with Gasteiger partial charge in [0.25, 0.3) is 11.8 Å². The lowest BCUT2D eigenvalue weighted by Gasteiger charge is -2.19. The van der Waals surface area contributed by atoms with Gasteiger partial charge in [-0.25, -0.2) is 9.48 Å². The summed E-state index contributed by atoms with van der Waals surface area (Å²) in [7, 11) is 0. The Morgan fingerprint density at radius 2 is 1.90 bits per heavy atom. The quantitative estimate of drug-likeness (QED) is 0.602. The molecule has 3 heterocycles. The maximum atomic E-state index is 12.9. The average Bonchev–Trinajstić information content (AvgIpc) is 3.37. The third-order valence-electron chi connectivity index (χ3n) is 4.85. The Balaban J connectivity index is 1.66. The predicted molar refractivity (Wildman–Crippen MR) is 116 cm³/mol. The van der Waals surface area contributed by atoms with Crippen LogP contribution in [-0.4, -0.2) is 45.2 Å². The van der Waals surface area contributed by atoms with Gasteiger partial charge in [-0.2, -0.15) is 10.1 Å². The van der Waals surface area contributed by atoms with Crippen molar-refractivity contribution in [3.05, 3.63) is 41.1 Å². The summed E-state index contributed by atoms with van der Waals surface area (Å²) in [6.07, 6.45) is 0.425. The molecule has 1 fully saturated rings. The van der Waals surface area contributed by atoms with Crippen LogP contribution in [0.15, 0.2) is 24.3 Å². The molecule has 0 aliphatic carbocycles. The number of hydrogen-bond donors (Lipinski definition) is 2. The average molecular weight is 442 g/mol. The minimum Gasteiger partial charge on any atom is -0.464 e. The van der Waals surface area contributed by atoms with Gasteiger partial charge in [-0.1, -0.05) is 29.0 Å². The third kappa shape index (κ3) is 4.15. The predicted octanol–water partition coefficient (Wildman–Crippen LogP) is 2.85. The van der Waals surface area contributed by atoms with E-state index >= 15 is 0 Å². The fourth-order valence-corrected chi connectivity index (χ4v) is 4.12. The fraction of sp³-hybridized carbons (Fsp3) is 0.381. The van der Waals surface area contributed by atoms with Crippen molar-refractivity contribution in [2.75, 3.05) is 11.9 Å². The van der Waals surface area contributed by atoms with Crippen LogP contribution in [0.4, 0.5) is 5.13 Å². The number of fused-ring (bicyclic) bond motifs is 1. The second-order valence-electron chi connectivity index (χ2n) is 8.41. The molecule has 0 radical (unpaired) electrons. The van der Waals surface area contributed by atoms with Gasteiger partial charge >= 0.3 is 5.97 Å². The summed E-state index contributed by atoms with van der Waals surface area (Å²) in [4.78, 5) is 41.7. The summed E-state index contributed by atoms with van der Waals surface area (Å²) < 4.78 is 7.10. The zero-order valence-corrected chi connectivity index (χ0v) is 18.5. The first-order valence-electron chi connectivity index (χ1n) is 9.89. The lowest BCUT2D eigenvalue weighted by Crippen LogP contribution is -2.38. The Hall–Kier alpha value is -3.27. The second kappa shape index (κ2) is 7.77. The SMILES string of the molecule is Cc1ccc(C(=O)Nc2nc3c(s2)c(C(=O)N[C@H]2CCOC2=O)nn3C(C)(C)C)cc1. The summed E-state index contributed by atoms with van der Waals surface area (Å²) in [5.74, 6) is -1.21. The van der Waals surface area contributed by atoms with Gasteiger partial charge in [0, 0.05) is 12.0 Å². The highest BCUT2D eigenvalue weighted by Gasteiger charge is 2.32. The number of thiazole rings is 1. The van der Waals surface area contributed by atoms with E-state index < -0.39 is 23.5 Å². The van der Waals surface area contributed by atoms with Crippen LogP contribution < -0.4 is 10.6 Å². The van der Waals surface area contributed by atoms with E-state index in [9.17, 15) is 14.4 Å². The van der Waals surface area contributed by atoms with Gasteiger partial charge in [0.2, 0.25) is 0 Å². The maximum Gasteiger partial charge on any atom is 0.328 e. The van der Waals surface area contributed by atoms with Gasteiger partial charge in [-0.3, -0.25) is 14.9 Å². The normalized spacial score (nSPS) is 16.4. The molecule has 2 N–H and O–H groups in total. The molecular weight excluding hydrogens is 418 g/mol. The smallest absolute Gasteiger partial charge is 0.328 e. The number of esters is 1. The minimum absolute atomic E-state index is 0.165. The van der Waals surface area contributed by atoms with Crippen molar-refractivity contribution in [1.82, 2.24) is 20.1 Å². The number of cyclic esters (lactones) is 1. The highest BCUT2D eigenvalue weighted by Crippen LogP contribution is 2.32. The minimum atomic E-state index is -0.684.